The van der Waals surface area contributed by atoms with Gasteiger partial charge in [-0.2, -0.15) is 0 Å². The van der Waals surface area contributed by atoms with Crippen molar-refractivity contribution in [2.75, 3.05) is 0 Å². The van der Waals surface area contributed by atoms with Crippen LogP contribution in [0.1, 0.15) is 53.6 Å². The Kier molecular flexibility index (Phi) is 5.91. The summed E-state index contributed by atoms with van der Waals surface area (Å²) in [6, 6.07) is 18.3. The molecule has 0 bridgehead atoms. The van der Waals surface area contributed by atoms with Gasteiger partial charge >= 0.3 is 0 Å². The summed E-state index contributed by atoms with van der Waals surface area (Å²) in [5.74, 6) is -0.520. The van der Waals surface area contributed by atoms with Gasteiger partial charge in [-0.15, -0.1) is 0 Å². The third kappa shape index (κ3) is 4.05. The molecule has 0 radical (unpaired) electrons. The highest BCUT2D eigenvalue weighted by atomic mass is 32.2. The molecule has 2 aromatic carbocycles. The molecule has 4 aromatic rings. The molecule has 2 aromatic heterocycles. The first-order valence-electron chi connectivity index (χ1n) is 12.9. The average molecular weight is 542 g/mol. The summed E-state index contributed by atoms with van der Waals surface area (Å²) in [6.45, 7) is 3.68. The molecule has 6 rings (SSSR count). The molecule has 0 amide bonds. The predicted molar refractivity (Wildman–Crippen MR) is 147 cm³/mol. The number of hydrogen-bond donors (Lipinski definition) is 0. The van der Waals surface area contributed by atoms with Crippen LogP contribution in [0.2, 0.25) is 0 Å². The Morgan fingerprint density at radius 2 is 1.74 bits per heavy atom. The number of allylic oxidation sites excluding steroid dienone is 1. The molecule has 0 N–H and O–H groups in total. The molecule has 1 saturated carbocycles. The van der Waals surface area contributed by atoms with E-state index in [9.17, 15) is 17.6 Å². The van der Waals surface area contributed by atoms with Crippen molar-refractivity contribution in [3.8, 4) is 5.69 Å². The Balaban J connectivity index is 1.48. The van der Waals surface area contributed by atoms with Crippen LogP contribution >= 0.6 is 0 Å². The van der Waals surface area contributed by atoms with E-state index in [2.05, 4.69) is 9.97 Å². The van der Waals surface area contributed by atoms with E-state index in [1.807, 2.05) is 17.6 Å². The van der Waals surface area contributed by atoms with Crippen molar-refractivity contribution < 1.29 is 17.6 Å². The summed E-state index contributed by atoms with van der Waals surface area (Å²) in [5, 5.41) is 0. The molecule has 2 atom stereocenters. The van der Waals surface area contributed by atoms with Crippen LogP contribution in [0.3, 0.4) is 0 Å². The number of rotatable bonds is 5. The van der Waals surface area contributed by atoms with Crippen LogP contribution in [0.25, 0.3) is 11.8 Å². The molecular weight excluding hydrogens is 513 g/mol. The lowest BCUT2D eigenvalue weighted by Gasteiger charge is -2.47. The number of fused-ring (bicyclic) bond motifs is 2. The van der Waals surface area contributed by atoms with Crippen LogP contribution in [0, 0.1) is 18.2 Å². The fourth-order valence-corrected chi connectivity index (χ4v) is 7.96. The number of ketones is 1. The van der Waals surface area contributed by atoms with Gasteiger partial charge in [0.15, 0.2) is 15.6 Å². The Labute approximate surface area is 227 Å². The molecule has 0 aliphatic heterocycles. The number of hydrogen-bond acceptors (Lipinski definition) is 5. The molecule has 39 heavy (non-hydrogen) atoms. The molecule has 2 aliphatic carbocycles. The topological polar surface area (TPSA) is 81.9 Å². The quantitative estimate of drug-likeness (QED) is 0.292. The van der Waals surface area contributed by atoms with Gasteiger partial charge in [-0.25, -0.2) is 17.8 Å². The minimum atomic E-state index is -3.76. The van der Waals surface area contributed by atoms with Crippen molar-refractivity contribution in [3.63, 3.8) is 0 Å². The van der Waals surface area contributed by atoms with Crippen LogP contribution in [0.5, 0.6) is 0 Å². The average Bonchev–Trinajstić information content (AvgIpc) is 3.34. The SMILES string of the molecule is Cc1ccc(S(=O)(=O)[C@@]2(C)CCC3=Cc4c(ncn4-c4ccc(F)cc4)C[C@]3(C(=O)c3ccccn3)C2)cc1. The lowest BCUT2D eigenvalue weighted by molar-refractivity contribution is 0.0771. The Morgan fingerprint density at radius 3 is 2.44 bits per heavy atom. The number of aromatic nitrogens is 3. The minimum Gasteiger partial charge on any atom is -0.299 e. The third-order valence-corrected chi connectivity index (χ3v) is 10.8. The number of pyridine rings is 1. The smallest absolute Gasteiger partial charge is 0.191 e. The van der Waals surface area contributed by atoms with Crippen LogP contribution in [-0.4, -0.2) is 33.5 Å². The zero-order chi connectivity index (χ0) is 27.4. The van der Waals surface area contributed by atoms with E-state index >= 15 is 0 Å². The van der Waals surface area contributed by atoms with E-state index in [1.54, 1.807) is 74.0 Å². The Morgan fingerprint density at radius 1 is 1.00 bits per heavy atom. The second-order valence-electron chi connectivity index (χ2n) is 10.8. The number of nitrogens with zero attached hydrogens (tertiary/aromatic N) is 3. The molecule has 1 fully saturated rings. The highest BCUT2D eigenvalue weighted by Gasteiger charge is 2.57. The van der Waals surface area contributed by atoms with E-state index in [1.165, 1.54) is 12.1 Å². The van der Waals surface area contributed by atoms with Gasteiger partial charge in [0, 0.05) is 18.3 Å². The summed E-state index contributed by atoms with van der Waals surface area (Å²) >= 11 is 0. The van der Waals surface area contributed by atoms with E-state index in [0.717, 1.165) is 22.5 Å². The number of halogens is 1. The van der Waals surface area contributed by atoms with Gasteiger partial charge in [0.25, 0.3) is 0 Å². The Bertz CT molecular complexity index is 1710. The number of Topliss-reactive ketones (excluding diaryl/α,β-unsaturated/α-hetero) is 1. The number of carbonyl (C=O) groups is 1. The summed E-state index contributed by atoms with van der Waals surface area (Å²) in [7, 11) is -3.76. The second kappa shape index (κ2) is 9.09. The summed E-state index contributed by atoms with van der Waals surface area (Å²) < 4.78 is 42.4. The maximum absolute atomic E-state index is 14.3. The van der Waals surface area contributed by atoms with Crippen molar-refractivity contribution in [1.29, 1.82) is 0 Å². The van der Waals surface area contributed by atoms with E-state index in [0.29, 0.717) is 24.2 Å². The summed E-state index contributed by atoms with van der Waals surface area (Å²) in [6.07, 6.45) is 6.44. The predicted octanol–water partition coefficient (Wildman–Crippen LogP) is 5.94. The largest absolute Gasteiger partial charge is 0.299 e. The van der Waals surface area contributed by atoms with Crippen LogP contribution < -0.4 is 0 Å². The fraction of sp³-hybridized carbons (Fsp3) is 0.258. The summed E-state index contributed by atoms with van der Waals surface area (Å²) in [4.78, 5) is 23.6. The molecule has 0 spiro atoms. The molecule has 8 heteroatoms. The highest BCUT2D eigenvalue weighted by molar-refractivity contribution is 7.92. The molecular formula is C31H28FN3O3S. The number of sulfone groups is 1. The maximum atomic E-state index is 14.3. The molecule has 198 valence electrons. The van der Waals surface area contributed by atoms with E-state index in [-0.39, 0.29) is 29.3 Å². The lowest BCUT2D eigenvalue weighted by atomic mass is 9.59. The standard InChI is InChI=1S/C31H28FN3O3S/c1-21-6-12-25(13-7-21)39(37,38)30(2)15-14-22-17-28-27(34-20-35(28)24-10-8-23(32)9-11-24)18-31(22,19-30)29(36)26-5-3-4-16-33-26/h3-13,16-17,20H,14-15,18-19H2,1-2H3/t30-,31-/m0/s1. The van der Waals surface area contributed by atoms with Crippen molar-refractivity contribution in [1.82, 2.24) is 14.5 Å². The first-order chi connectivity index (χ1) is 18.6. The zero-order valence-corrected chi connectivity index (χ0v) is 22.6. The van der Waals surface area contributed by atoms with Crippen molar-refractivity contribution in [2.45, 2.75) is 49.2 Å². The molecule has 6 nitrogen and oxygen atoms in total. The number of carbonyl (C=O) groups excluding carboxylic acids is 1. The number of aryl methyl sites for hydroxylation is 1. The van der Waals surface area contributed by atoms with Gasteiger partial charge in [0.1, 0.15) is 11.5 Å². The van der Waals surface area contributed by atoms with Gasteiger partial charge in [0.2, 0.25) is 0 Å². The molecule has 2 aliphatic rings. The second-order valence-corrected chi connectivity index (χ2v) is 13.3. The molecule has 0 unspecified atom stereocenters. The van der Waals surface area contributed by atoms with Crippen LogP contribution in [-0.2, 0) is 16.3 Å². The summed E-state index contributed by atoms with van der Waals surface area (Å²) in [5.41, 5.74) is 3.34. The van der Waals surface area contributed by atoms with Gasteiger partial charge in [0.05, 0.1) is 32.8 Å². The van der Waals surface area contributed by atoms with E-state index in [4.69, 9.17) is 0 Å². The first-order valence-corrected chi connectivity index (χ1v) is 14.4. The van der Waals surface area contributed by atoms with Crippen LogP contribution in [0.4, 0.5) is 4.39 Å². The first kappa shape index (κ1) is 25.4. The third-order valence-electron chi connectivity index (χ3n) is 8.30. The van der Waals surface area contributed by atoms with Gasteiger partial charge in [-0.3, -0.25) is 14.3 Å². The monoisotopic (exact) mass is 541 g/mol. The zero-order valence-electron chi connectivity index (χ0n) is 21.8. The van der Waals surface area contributed by atoms with Crippen molar-refractivity contribution in [3.05, 3.63) is 113 Å². The van der Waals surface area contributed by atoms with Crippen LogP contribution in [0.15, 0.2) is 89.7 Å². The van der Waals surface area contributed by atoms with Gasteiger partial charge in [-0.05, 0) is 87.7 Å². The lowest BCUT2D eigenvalue weighted by Crippen LogP contribution is -2.51. The van der Waals surface area contributed by atoms with Crippen molar-refractivity contribution in [2.24, 2.45) is 5.41 Å². The minimum absolute atomic E-state index is 0.125. The van der Waals surface area contributed by atoms with Crippen molar-refractivity contribution >= 4 is 21.7 Å². The van der Waals surface area contributed by atoms with Gasteiger partial charge < -0.3 is 0 Å². The number of imidazole rings is 1. The van der Waals surface area contributed by atoms with E-state index < -0.39 is 20.0 Å². The van der Waals surface area contributed by atoms with Gasteiger partial charge in [-0.1, -0.05) is 29.3 Å². The normalized spacial score (nSPS) is 22.5. The number of benzene rings is 2. The Hall–Kier alpha value is -3.91. The fourth-order valence-electron chi connectivity index (χ4n) is 6.09. The maximum Gasteiger partial charge on any atom is 0.191 e. The molecule has 2 heterocycles. The highest BCUT2D eigenvalue weighted by Crippen LogP contribution is 2.55. The molecule has 0 saturated heterocycles.